The van der Waals surface area contributed by atoms with Crippen LogP contribution in [0.3, 0.4) is 0 Å². The first-order valence-electron chi connectivity index (χ1n) is 8.89. The van der Waals surface area contributed by atoms with Crippen LogP contribution in [0.5, 0.6) is 0 Å². The number of anilines is 1. The van der Waals surface area contributed by atoms with Crippen LogP contribution < -0.4 is 10.9 Å². The molecule has 142 valence electrons. The Morgan fingerprint density at radius 3 is 2.67 bits per heavy atom. The number of fused-ring (bicyclic) bond motifs is 1. The van der Waals surface area contributed by atoms with E-state index in [-0.39, 0.29) is 16.7 Å². The van der Waals surface area contributed by atoms with E-state index < -0.39 is 0 Å². The minimum Gasteiger partial charge on any atom is -0.325 e. The first-order valence-corrected chi connectivity index (χ1v) is 10.8. The molecule has 3 aromatic rings. The Kier molecular flexibility index (Phi) is 6.01. The quantitative estimate of drug-likeness (QED) is 0.641. The zero-order chi connectivity index (χ0) is 19.6. The number of hydrogen-bond acceptors (Lipinski definition) is 5. The molecule has 0 aliphatic rings. The van der Waals surface area contributed by atoms with Crippen LogP contribution in [0.1, 0.15) is 35.7 Å². The predicted molar refractivity (Wildman–Crippen MR) is 115 cm³/mol. The van der Waals surface area contributed by atoms with E-state index in [2.05, 4.69) is 22.2 Å². The van der Waals surface area contributed by atoms with E-state index in [1.807, 2.05) is 45.0 Å². The Morgan fingerprint density at radius 1 is 1.30 bits per heavy atom. The van der Waals surface area contributed by atoms with E-state index in [9.17, 15) is 9.59 Å². The van der Waals surface area contributed by atoms with Crippen LogP contribution in [0.2, 0.25) is 0 Å². The normalized spacial score (nSPS) is 12.3. The number of aromatic nitrogens is 2. The summed E-state index contributed by atoms with van der Waals surface area (Å²) in [6.07, 6.45) is 0.972. The second-order valence-corrected chi connectivity index (χ2v) is 9.00. The molecule has 3 rings (SSSR count). The van der Waals surface area contributed by atoms with Crippen LogP contribution in [-0.2, 0) is 17.0 Å². The third-order valence-electron chi connectivity index (χ3n) is 4.56. The average Bonchev–Trinajstić information content (AvgIpc) is 2.94. The number of rotatable bonds is 6. The number of aromatic amines is 1. The van der Waals surface area contributed by atoms with E-state index in [0.717, 1.165) is 27.4 Å². The van der Waals surface area contributed by atoms with Crippen molar-refractivity contribution in [3.8, 4) is 0 Å². The summed E-state index contributed by atoms with van der Waals surface area (Å²) in [5.41, 5.74) is 2.91. The molecule has 5 nitrogen and oxygen atoms in total. The number of carbonyl (C=O) groups excluding carboxylic acids is 1. The van der Waals surface area contributed by atoms with Gasteiger partial charge in [0, 0.05) is 10.6 Å². The van der Waals surface area contributed by atoms with Gasteiger partial charge in [-0.2, -0.15) is 0 Å². The monoisotopic (exact) mass is 401 g/mol. The first-order chi connectivity index (χ1) is 12.9. The second kappa shape index (κ2) is 8.27. The topological polar surface area (TPSA) is 74.8 Å². The maximum absolute atomic E-state index is 12.4. The Labute approximate surface area is 166 Å². The molecule has 0 saturated carbocycles. The van der Waals surface area contributed by atoms with Crippen LogP contribution in [0.25, 0.3) is 10.2 Å². The second-order valence-electron chi connectivity index (χ2n) is 6.47. The minimum absolute atomic E-state index is 0.0597. The standard InChI is InChI=1S/C20H23N3O2S2/c1-5-14-6-8-15(9-7-14)21-18(24)13(4)26-10-16-22-19(25)17-11(2)12(3)27-20(17)23-16/h6-9,13H,5,10H2,1-4H3,(H,21,24)(H,22,23,25)/t13-/m0/s1. The summed E-state index contributed by atoms with van der Waals surface area (Å²) in [6.45, 7) is 7.89. The molecule has 2 heterocycles. The fourth-order valence-corrected chi connectivity index (χ4v) is 4.52. The number of thiophene rings is 1. The van der Waals surface area contributed by atoms with Crippen molar-refractivity contribution in [1.82, 2.24) is 9.97 Å². The summed E-state index contributed by atoms with van der Waals surface area (Å²) in [7, 11) is 0. The Hall–Kier alpha value is -2.12. The van der Waals surface area contributed by atoms with Gasteiger partial charge < -0.3 is 10.3 Å². The lowest BCUT2D eigenvalue weighted by Crippen LogP contribution is -2.23. The summed E-state index contributed by atoms with van der Waals surface area (Å²) < 4.78 is 0. The van der Waals surface area contributed by atoms with Gasteiger partial charge in [0.25, 0.3) is 5.56 Å². The lowest BCUT2D eigenvalue weighted by atomic mass is 10.1. The summed E-state index contributed by atoms with van der Waals surface area (Å²) in [4.78, 5) is 34.0. The van der Waals surface area contributed by atoms with E-state index in [4.69, 9.17) is 0 Å². The molecule has 0 unspecified atom stereocenters. The van der Waals surface area contributed by atoms with E-state index >= 15 is 0 Å². The minimum atomic E-state index is -0.261. The maximum Gasteiger partial charge on any atom is 0.259 e. The highest BCUT2D eigenvalue weighted by Crippen LogP contribution is 2.26. The van der Waals surface area contributed by atoms with Crippen LogP contribution in [0.15, 0.2) is 29.1 Å². The van der Waals surface area contributed by atoms with Gasteiger partial charge in [0.05, 0.1) is 16.4 Å². The largest absolute Gasteiger partial charge is 0.325 e. The third kappa shape index (κ3) is 4.42. The molecule has 2 N–H and O–H groups in total. The van der Waals surface area contributed by atoms with Crippen molar-refractivity contribution in [3.63, 3.8) is 0 Å². The van der Waals surface area contributed by atoms with Gasteiger partial charge in [-0.1, -0.05) is 19.1 Å². The van der Waals surface area contributed by atoms with Gasteiger partial charge in [0.15, 0.2) is 0 Å². The van der Waals surface area contributed by atoms with E-state index in [1.54, 1.807) is 0 Å². The molecule has 0 radical (unpaired) electrons. The number of H-pyrrole nitrogens is 1. The summed E-state index contributed by atoms with van der Waals surface area (Å²) >= 11 is 2.99. The molecule has 0 saturated heterocycles. The number of carbonyl (C=O) groups is 1. The highest BCUT2D eigenvalue weighted by molar-refractivity contribution is 7.99. The first kappa shape index (κ1) is 19.6. The van der Waals surface area contributed by atoms with Gasteiger partial charge in [-0.3, -0.25) is 9.59 Å². The van der Waals surface area contributed by atoms with Gasteiger partial charge in [0.1, 0.15) is 10.7 Å². The highest BCUT2D eigenvalue weighted by Gasteiger charge is 2.16. The molecule has 1 aromatic carbocycles. The van der Waals surface area contributed by atoms with Crippen molar-refractivity contribution in [2.75, 3.05) is 5.32 Å². The molecule has 0 fully saturated rings. The molecule has 1 atom stereocenters. The smallest absolute Gasteiger partial charge is 0.259 e. The lowest BCUT2D eigenvalue weighted by Gasteiger charge is -2.12. The van der Waals surface area contributed by atoms with Crippen molar-refractivity contribution in [2.24, 2.45) is 0 Å². The fourth-order valence-electron chi connectivity index (χ4n) is 2.71. The molecule has 0 aliphatic heterocycles. The van der Waals surface area contributed by atoms with Crippen LogP contribution >= 0.6 is 23.1 Å². The van der Waals surface area contributed by atoms with Gasteiger partial charge >= 0.3 is 0 Å². The zero-order valence-electron chi connectivity index (χ0n) is 15.9. The summed E-state index contributed by atoms with van der Waals surface area (Å²) in [6, 6.07) is 7.87. The number of thioether (sulfide) groups is 1. The van der Waals surface area contributed by atoms with E-state index in [1.165, 1.54) is 28.7 Å². The Bertz CT molecular complexity index is 1020. The molecular weight excluding hydrogens is 378 g/mol. The van der Waals surface area contributed by atoms with Crippen molar-refractivity contribution in [1.29, 1.82) is 0 Å². The molecule has 0 aliphatic carbocycles. The zero-order valence-corrected chi connectivity index (χ0v) is 17.5. The number of amides is 1. The van der Waals surface area contributed by atoms with Gasteiger partial charge in [-0.25, -0.2) is 4.98 Å². The maximum atomic E-state index is 12.4. The van der Waals surface area contributed by atoms with Crippen molar-refractivity contribution >= 4 is 44.9 Å². The number of hydrogen-bond donors (Lipinski definition) is 2. The molecule has 0 bridgehead atoms. The summed E-state index contributed by atoms with van der Waals surface area (Å²) in [5, 5.41) is 3.34. The molecule has 27 heavy (non-hydrogen) atoms. The van der Waals surface area contributed by atoms with Gasteiger partial charge in [-0.05, 0) is 50.5 Å². The van der Waals surface area contributed by atoms with Gasteiger partial charge in [-0.15, -0.1) is 23.1 Å². The van der Waals surface area contributed by atoms with Crippen LogP contribution in [0, 0.1) is 13.8 Å². The average molecular weight is 402 g/mol. The van der Waals surface area contributed by atoms with Crippen molar-refractivity contribution in [3.05, 3.63) is 56.4 Å². The van der Waals surface area contributed by atoms with Crippen molar-refractivity contribution in [2.45, 2.75) is 45.1 Å². The molecular formula is C20H23N3O2S2. The van der Waals surface area contributed by atoms with Crippen LogP contribution in [0.4, 0.5) is 5.69 Å². The third-order valence-corrected chi connectivity index (χ3v) is 6.81. The molecule has 7 heteroatoms. The number of nitrogens with one attached hydrogen (secondary N) is 2. The van der Waals surface area contributed by atoms with Crippen molar-refractivity contribution < 1.29 is 4.79 Å². The predicted octanol–water partition coefficient (Wildman–Crippen LogP) is 4.42. The molecule has 2 aromatic heterocycles. The SMILES string of the molecule is CCc1ccc(NC(=O)[C@H](C)SCc2nc3sc(C)c(C)c3c(=O)[nH]2)cc1. The molecule has 0 spiro atoms. The number of benzene rings is 1. The van der Waals surface area contributed by atoms with E-state index in [0.29, 0.717) is 17.0 Å². The lowest BCUT2D eigenvalue weighted by molar-refractivity contribution is -0.115. The Balaban J connectivity index is 1.64. The highest BCUT2D eigenvalue weighted by atomic mass is 32.2. The Morgan fingerprint density at radius 2 is 2.00 bits per heavy atom. The summed E-state index contributed by atoms with van der Waals surface area (Å²) in [5.74, 6) is 1.02. The van der Waals surface area contributed by atoms with Gasteiger partial charge in [0.2, 0.25) is 5.91 Å². The number of nitrogens with zero attached hydrogens (tertiary/aromatic N) is 1. The fraction of sp³-hybridized carbons (Fsp3) is 0.350. The number of aryl methyl sites for hydroxylation is 3. The van der Waals surface area contributed by atoms with Crippen LogP contribution in [-0.4, -0.2) is 21.1 Å². The molecule has 1 amide bonds.